The summed E-state index contributed by atoms with van der Waals surface area (Å²) in [5, 5.41) is 5.92. The summed E-state index contributed by atoms with van der Waals surface area (Å²) in [7, 11) is -2.09. The van der Waals surface area contributed by atoms with Gasteiger partial charge in [-0.15, -0.1) is 0 Å². The van der Waals surface area contributed by atoms with Crippen LogP contribution in [0.15, 0.2) is 47.5 Å². The zero-order valence-electron chi connectivity index (χ0n) is 17.0. The summed E-state index contributed by atoms with van der Waals surface area (Å²) in [5.74, 6) is -0.382. The van der Waals surface area contributed by atoms with Crippen molar-refractivity contribution in [1.29, 1.82) is 0 Å². The second kappa shape index (κ2) is 10.9. The molecule has 1 heterocycles. The Morgan fingerprint density at radius 1 is 1.17 bits per heavy atom. The molecule has 0 unspecified atom stereocenters. The number of aromatic nitrogens is 1. The summed E-state index contributed by atoms with van der Waals surface area (Å²) in [6.07, 6.45) is 1.65. The highest BCUT2D eigenvalue weighted by Crippen LogP contribution is 2.23. The van der Waals surface area contributed by atoms with Crippen LogP contribution in [0.25, 0.3) is 0 Å². The highest BCUT2D eigenvalue weighted by molar-refractivity contribution is 7.89. The molecule has 2 N–H and O–H groups in total. The first-order valence-electron chi connectivity index (χ1n) is 9.49. The van der Waals surface area contributed by atoms with E-state index in [0.717, 1.165) is 0 Å². The van der Waals surface area contributed by atoms with Gasteiger partial charge in [-0.05, 0) is 30.3 Å². The lowest BCUT2D eigenvalue weighted by Crippen LogP contribution is -2.31. The molecule has 158 valence electrons. The van der Waals surface area contributed by atoms with E-state index in [1.54, 1.807) is 45.4 Å². The van der Waals surface area contributed by atoms with E-state index < -0.39 is 10.0 Å². The molecule has 2 rings (SSSR count). The lowest BCUT2D eigenvalue weighted by Gasteiger charge is -2.20. The fourth-order valence-electron chi connectivity index (χ4n) is 2.79. The first-order chi connectivity index (χ1) is 13.9. The Morgan fingerprint density at radius 2 is 1.93 bits per heavy atom. The fourth-order valence-corrected chi connectivity index (χ4v) is 4.28. The Morgan fingerprint density at radius 3 is 2.55 bits per heavy atom. The van der Waals surface area contributed by atoms with E-state index in [4.69, 9.17) is 4.74 Å². The van der Waals surface area contributed by atoms with Crippen LogP contribution in [0.2, 0.25) is 0 Å². The van der Waals surface area contributed by atoms with Crippen LogP contribution in [0.5, 0.6) is 0 Å². The van der Waals surface area contributed by atoms with Crippen LogP contribution in [-0.2, 0) is 21.3 Å². The number of carbonyl (C=O) groups is 1. The lowest BCUT2D eigenvalue weighted by atomic mass is 10.1. The predicted octanol–water partition coefficient (Wildman–Crippen LogP) is 2.10. The van der Waals surface area contributed by atoms with Gasteiger partial charge >= 0.3 is 0 Å². The summed E-state index contributed by atoms with van der Waals surface area (Å²) >= 11 is 0. The summed E-state index contributed by atoms with van der Waals surface area (Å²) < 4.78 is 32.1. The van der Waals surface area contributed by atoms with Crippen LogP contribution in [0.1, 0.15) is 29.9 Å². The number of hydrogen-bond acceptors (Lipinski definition) is 6. The fraction of sp³-hybridized carbons (Fsp3) is 0.400. The molecule has 1 aromatic heterocycles. The van der Waals surface area contributed by atoms with Crippen LogP contribution in [0, 0.1) is 0 Å². The van der Waals surface area contributed by atoms with E-state index >= 15 is 0 Å². The van der Waals surface area contributed by atoms with Gasteiger partial charge in [0.2, 0.25) is 10.0 Å². The molecule has 8 nitrogen and oxygen atoms in total. The van der Waals surface area contributed by atoms with E-state index in [1.807, 2.05) is 6.07 Å². The molecule has 0 aliphatic rings. The Balaban J connectivity index is 2.32. The molecule has 0 saturated heterocycles. The van der Waals surface area contributed by atoms with Gasteiger partial charge in [0.1, 0.15) is 0 Å². The maximum Gasteiger partial charge on any atom is 0.253 e. The smallest absolute Gasteiger partial charge is 0.253 e. The zero-order chi connectivity index (χ0) is 21.3. The molecule has 0 aliphatic heterocycles. The van der Waals surface area contributed by atoms with Crippen LogP contribution >= 0.6 is 0 Å². The normalized spacial score (nSPS) is 11.4. The second-order valence-corrected chi connectivity index (χ2v) is 8.16. The molecular weight excluding hydrogens is 392 g/mol. The van der Waals surface area contributed by atoms with E-state index in [1.165, 1.54) is 16.4 Å². The van der Waals surface area contributed by atoms with Crippen LogP contribution in [0.3, 0.4) is 0 Å². The number of methoxy groups -OCH3 is 1. The van der Waals surface area contributed by atoms with Gasteiger partial charge in [-0.3, -0.25) is 9.78 Å². The van der Waals surface area contributed by atoms with Gasteiger partial charge in [0.15, 0.2) is 0 Å². The van der Waals surface area contributed by atoms with Gasteiger partial charge in [-0.1, -0.05) is 19.9 Å². The standard InChI is InChI=1S/C20H28N4O4S/c1-4-24(5-2)29(26,27)17-9-10-19(22-12-13-28-3)18(14-17)20(25)23-15-16-8-6-7-11-21-16/h6-11,14,22H,4-5,12-13,15H2,1-3H3,(H,23,25). The molecule has 2 aromatic rings. The number of anilines is 1. The molecule has 0 atom stereocenters. The number of nitrogens with zero attached hydrogens (tertiary/aromatic N) is 2. The number of sulfonamides is 1. The molecule has 9 heteroatoms. The molecule has 0 spiro atoms. The SMILES string of the molecule is CCN(CC)S(=O)(=O)c1ccc(NCCOC)c(C(=O)NCc2ccccn2)c1. The van der Waals surface area contributed by atoms with E-state index in [2.05, 4.69) is 15.6 Å². The maximum atomic E-state index is 12.9. The summed E-state index contributed by atoms with van der Waals surface area (Å²) in [5.41, 5.74) is 1.51. The van der Waals surface area contributed by atoms with Crippen LogP contribution in [0.4, 0.5) is 5.69 Å². The van der Waals surface area contributed by atoms with Crippen molar-refractivity contribution < 1.29 is 17.9 Å². The van der Waals surface area contributed by atoms with Crippen molar-refractivity contribution in [3.63, 3.8) is 0 Å². The molecule has 29 heavy (non-hydrogen) atoms. The Bertz CT molecular complexity index is 900. The number of carbonyl (C=O) groups excluding carboxylic acids is 1. The highest BCUT2D eigenvalue weighted by atomic mass is 32.2. The molecule has 0 fully saturated rings. The minimum absolute atomic E-state index is 0.0847. The second-order valence-electron chi connectivity index (χ2n) is 6.22. The van der Waals surface area contributed by atoms with Crippen molar-refractivity contribution in [3.8, 4) is 0 Å². The largest absolute Gasteiger partial charge is 0.383 e. The predicted molar refractivity (Wildman–Crippen MR) is 112 cm³/mol. The molecule has 0 aliphatic carbocycles. The number of pyridine rings is 1. The van der Waals surface area contributed by atoms with E-state index in [0.29, 0.717) is 37.6 Å². The molecule has 0 radical (unpaired) electrons. The van der Waals surface area contributed by atoms with Crippen molar-refractivity contribution in [2.45, 2.75) is 25.3 Å². The first kappa shape index (κ1) is 22.8. The average Bonchev–Trinajstić information content (AvgIpc) is 2.73. The third-order valence-corrected chi connectivity index (χ3v) is 6.40. The molecule has 1 aromatic carbocycles. The van der Waals surface area contributed by atoms with Crippen molar-refractivity contribution in [1.82, 2.24) is 14.6 Å². The molecule has 0 bridgehead atoms. The lowest BCUT2D eigenvalue weighted by molar-refractivity contribution is 0.0951. The van der Waals surface area contributed by atoms with Crippen LogP contribution < -0.4 is 10.6 Å². The highest BCUT2D eigenvalue weighted by Gasteiger charge is 2.24. The Hall–Kier alpha value is -2.49. The average molecular weight is 421 g/mol. The topological polar surface area (TPSA) is 101 Å². The maximum absolute atomic E-state index is 12.9. The number of rotatable bonds is 11. The number of hydrogen-bond donors (Lipinski definition) is 2. The van der Waals surface area contributed by atoms with E-state index in [9.17, 15) is 13.2 Å². The number of amides is 1. The Kier molecular flexibility index (Phi) is 8.56. The monoisotopic (exact) mass is 420 g/mol. The number of ether oxygens (including phenoxy) is 1. The van der Waals surface area contributed by atoms with Crippen molar-refractivity contribution in [2.75, 3.05) is 38.7 Å². The Labute approximate surface area is 172 Å². The van der Waals surface area contributed by atoms with Crippen molar-refractivity contribution >= 4 is 21.6 Å². The summed E-state index contributed by atoms with van der Waals surface area (Å²) in [6.45, 7) is 5.45. The van der Waals surface area contributed by atoms with Gasteiger partial charge in [0.05, 0.1) is 29.3 Å². The number of benzene rings is 1. The summed E-state index contributed by atoms with van der Waals surface area (Å²) in [4.78, 5) is 17.1. The number of nitrogens with one attached hydrogen (secondary N) is 2. The van der Waals surface area contributed by atoms with Crippen molar-refractivity contribution in [2.24, 2.45) is 0 Å². The van der Waals surface area contributed by atoms with Gasteiger partial charge in [0.25, 0.3) is 5.91 Å². The minimum atomic E-state index is -3.68. The molecule has 1 amide bonds. The third-order valence-electron chi connectivity index (χ3n) is 4.36. The molecule has 0 saturated carbocycles. The quantitative estimate of drug-likeness (QED) is 0.540. The zero-order valence-corrected chi connectivity index (χ0v) is 17.8. The van der Waals surface area contributed by atoms with Crippen molar-refractivity contribution in [3.05, 3.63) is 53.9 Å². The first-order valence-corrected chi connectivity index (χ1v) is 10.9. The van der Waals surface area contributed by atoms with Crippen LogP contribution in [-0.4, -0.2) is 57.0 Å². The van der Waals surface area contributed by atoms with Gasteiger partial charge < -0.3 is 15.4 Å². The third kappa shape index (κ3) is 5.99. The van der Waals surface area contributed by atoms with E-state index in [-0.39, 0.29) is 22.9 Å². The molecular formula is C20H28N4O4S. The minimum Gasteiger partial charge on any atom is -0.383 e. The van der Waals surface area contributed by atoms with Gasteiger partial charge in [-0.25, -0.2) is 8.42 Å². The van der Waals surface area contributed by atoms with Gasteiger partial charge in [-0.2, -0.15) is 4.31 Å². The summed E-state index contributed by atoms with van der Waals surface area (Å²) in [6, 6.07) is 9.98. The van der Waals surface area contributed by atoms with Gasteiger partial charge in [0, 0.05) is 38.6 Å².